The summed E-state index contributed by atoms with van der Waals surface area (Å²) >= 11 is 0. The molecule has 9 N–H and O–H groups in total. The molecule has 0 radical (unpaired) electrons. The number of rotatable bonds is 39. The van der Waals surface area contributed by atoms with E-state index in [0.29, 0.717) is 12.8 Å². The monoisotopic (exact) mass is 964 g/mol. The first kappa shape index (κ1) is 61.5. The third-order valence-corrected chi connectivity index (χ3v) is 12.4. The van der Waals surface area contributed by atoms with E-state index >= 15 is 0 Å². The molecule has 0 saturated carbocycles. The molecule has 0 aliphatic carbocycles. The van der Waals surface area contributed by atoms with Crippen LogP contribution in [0.15, 0.2) is 72.9 Å². The summed E-state index contributed by atoms with van der Waals surface area (Å²) in [5, 5.41) is 86.8. The number of allylic oxidation sites excluding steroid dienone is 11. The molecule has 1 amide bonds. The second kappa shape index (κ2) is 40.1. The predicted octanol–water partition coefficient (Wildman–Crippen LogP) is 7.21. The summed E-state index contributed by atoms with van der Waals surface area (Å²) < 4.78 is 22.7. The van der Waals surface area contributed by atoms with Gasteiger partial charge in [0.2, 0.25) is 5.91 Å². The molecule has 0 spiro atoms. The summed E-state index contributed by atoms with van der Waals surface area (Å²) in [7, 11) is 0. The van der Waals surface area contributed by atoms with E-state index in [1.165, 1.54) is 51.4 Å². The maximum absolute atomic E-state index is 13.2. The first-order valence-corrected chi connectivity index (χ1v) is 26.2. The van der Waals surface area contributed by atoms with Crippen molar-refractivity contribution in [3.63, 3.8) is 0 Å². The lowest BCUT2D eigenvalue weighted by atomic mass is 9.97. The van der Waals surface area contributed by atoms with E-state index in [4.69, 9.17) is 18.9 Å². The summed E-state index contributed by atoms with van der Waals surface area (Å²) in [6, 6.07) is -0.946. The Labute approximate surface area is 408 Å². The summed E-state index contributed by atoms with van der Waals surface area (Å²) in [6.45, 7) is 2.62. The van der Waals surface area contributed by atoms with Gasteiger partial charge < -0.3 is 65.1 Å². The Kier molecular flexibility index (Phi) is 36.3. The standard InChI is InChI=1S/C54H93NO13/c1-3-5-7-9-11-13-15-17-19-21-23-25-27-29-31-33-35-37-43(58)42(55-46(59)38-36-34-32-30-28-26-24-22-20-18-16-14-12-10-8-6-4-2)41-65-53-51(64)49(62)52(45(40-57)67-53)68-54-50(63)48(61)47(60)44(39-56)66-54/h6,8,12,14,18-21,27,29,35,37,42-45,47-54,56-58,60-64H,3-5,7,9-11,13,15-17,22-26,28,30-34,36,38-41H2,1-2H3,(H,55,59)/b8-6-,14-12-,20-18-,21-19+,29-27+,37-35+. The highest BCUT2D eigenvalue weighted by molar-refractivity contribution is 5.76. The minimum absolute atomic E-state index is 0.255. The quantitative estimate of drug-likeness (QED) is 0.0220. The summed E-state index contributed by atoms with van der Waals surface area (Å²) in [4.78, 5) is 13.2. The summed E-state index contributed by atoms with van der Waals surface area (Å²) in [5.41, 5.74) is 0. The third kappa shape index (κ3) is 26.6. The molecular formula is C54H93NO13. The molecule has 2 aliphatic heterocycles. The van der Waals surface area contributed by atoms with Gasteiger partial charge >= 0.3 is 0 Å². The minimum Gasteiger partial charge on any atom is -0.394 e. The van der Waals surface area contributed by atoms with E-state index in [9.17, 15) is 45.6 Å². The number of ether oxygens (including phenoxy) is 4. The second-order valence-corrected chi connectivity index (χ2v) is 18.2. The molecular weight excluding hydrogens is 871 g/mol. The first-order chi connectivity index (χ1) is 33.1. The van der Waals surface area contributed by atoms with Gasteiger partial charge in [-0.2, -0.15) is 0 Å². The van der Waals surface area contributed by atoms with Crippen LogP contribution in [0.5, 0.6) is 0 Å². The molecule has 2 aliphatic rings. The average Bonchev–Trinajstić information content (AvgIpc) is 3.34. The number of hydrogen-bond donors (Lipinski definition) is 9. The van der Waals surface area contributed by atoms with Crippen molar-refractivity contribution < 1.29 is 64.6 Å². The topological polar surface area (TPSA) is 228 Å². The van der Waals surface area contributed by atoms with Crippen LogP contribution in [-0.4, -0.2) is 140 Å². The molecule has 14 nitrogen and oxygen atoms in total. The fourth-order valence-corrected chi connectivity index (χ4v) is 8.10. The molecule has 12 atom stereocenters. The van der Waals surface area contributed by atoms with Gasteiger partial charge in [0.15, 0.2) is 12.6 Å². The zero-order chi connectivity index (χ0) is 49.6. The number of carbonyl (C=O) groups is 1. The maximum atomic E-state index is 13.2. The van der Waals surface area contributed by atoms with E-state index in [2.05, 4.69) is 79.9 Å². The highest BCUT2D eigenvalue weighted by Crippen LogP contribution is 2.30. The van der Waals surface area contributed by atoms with Gasteiger partial charge in [0, 0.05) is 6.42 Å². The van der Waals surface area contributed by atoms with Crippen LogP contribution in [0.4, 0.5) is 0 Å². The van der Waals surface area contributed by atoms with Crippen molar-refractivity contribution in [2.75, 3.05) is 19.8 Å². The Bertz CT molecular complexity index is 1420. The Morgan fingerprint density at radius 2 is 1.03 bits per heavy atom. The van der Waals surface area contributed by atoms with Crippen LogP contribution in [0.1, 0.15) is 168 Å². The number of unbranched alkanes of at least 4 members (excludes halogenated alkanes) is 16. The zero-order valence-corrected chi connectivity index (χ0v) is 41.6. The van der Waals surface area contributed by atoms with Gasteiger partial charge in [-0.05, 0) is 77.0 Å². The Hall–Kier alpha value is -2.57. The highest BCUT2D eigenvalue weighted by Gasteiger charge is 2.51. The van der Waals surface area contributed by atoms with Crippen LogP contribution in [0.25, 0.3) is 0 Å². The van der Waals surface area contributed by atoms with E-state index < -0.39 is 86.8 Å². The summed E-state index contributed by atoms with van der Waals surface area (Å²) in [5.74, 6) is -0.268. The normalized spacial score (nSPS) is 27.0. The van der Waals surface area contributed by atoms with Crippen molar-refractivity contribution in [3.8, 4) is 0 Å². The zero-order valence-electron chi connectivity index (χ0n) is 41.6. The van der Waals surface area contributed by atoms with Crippen LogP contribution in [0.2, 0.25) is 0 Å². The second-order valence-electron chi connectivity index (χ2n) is 18.2. The van der Waals surface area contributed by atoms with Crippen LogP contribution < -0.4 is 5.32 Å². The highest BCUT2D eigenvalue weighted by atomic mass is 16.7. The van der Waals surface area contributed by atoms with Gasteiger partial charge in [-0.25, -0.2) is 0 Å². The predicted molar refractivity (Wildman–Crippen MR) is 267 cm³/mol. The molecule has 0 bridgehead atoms. The van der Waals surface area contributed by atoms with Crippen molar-refractivity contribution in [3.05, 3.63) is 72.9 Å². The third-order valence-electron chi connectivity index (χ3n) is 12.4. The Morgan fingerprint density at radius 3 is 1.62 bits per heavy atom. The molecule has 392 valence electrons. The maximum Gasteiger partial charge on any atom is 0.220 e. The minimum atomic E-state index is -1.80. The lowest BCUT2D eigenvalue weighted by Gasteiger charge is -2.46. The molecule has 14 heteroatoms. The number of aliphatic hydroxyl groups excluding tert-OH is 8. The average molecular weight is 964 g/mol. The van der Waals surface area contributed by atoms with Crippen molar-refractivity contribution in [1.29, 1.82) is 0 Å². The van der Waals surface area contributed by atoms with Crippen LogP contribution in [0, 0.1) is 0 Å². The van der Waals surface area contributed by atoms with Crippen molar-refractivity contribution in [2.45, 2.75) is 242 Å². The van der Waals surface area contributed by atoms with Gasteiger partial charge in [0.05, 0.1) is 32.0 Å². The smallest absolute Gasteiger partial charge is 0.220 e. The Morgan fingerprint density at radius 1 is 0.544 bits per heavy atom. The fourth-order valence-electron chi connectivity index (χ4n) is 8.10. The lowest BCUT2D eigenvalue weighted by molar-refractivity contribution is -0.359. The fraction of sp³-hybridized carbons (Fsp3) is 0.759. The molecule has 2 heterocycles. The Balaban J connectivity index is 1.87. The van der Waals surface area contributed by atoms with Gasteiger partial charge in [-0.3, -0.25) is 4.79 Å². The molecule has 2 saturated heterocycles. The first-order valence-electron chi connectivity index (χ1n) is 26.2. The van der Waals surface area contributed by atoms with Crippen LogP contribution in [0.3, 0.4) is 0 Å². The molecule has 0 aromatic heterocycles. The SMILES string of the molecule is CC/C=C\C/C=C\C/C=C\CCCCCCCCCC(=O)NC(COC1OC(CO)C(OC2OC(CO)C(O)C(O)C2O)C(O)C1O)C(O)/C=C/CC/C=C/CC/C=C/CCCCCCCCC. The van der Waals surface area contributed by atoms with Crippen molar-refractivity contribution in [2.24, 2.45) is 0 Å². The number of carbonyl (C=O) groups excluding carboxylic acids is 1. The number of aliphatic hydroxyl groups is 8. The van der Waals surface area contributed by atoms with Gasteiger partial charge in [-0.15, -0.1) is 0 Å². The van der Waals surface area contributed by atoms with E-state index in [0.717, 1.165) is 83.5 Å². The number of nitrogens with one attached hydrogen (secondary N) is 1. The largest absolute Gasteiger partial charge is 0.394 e. The molecule has 2 rings (SSSR count). The van der Waals surface area contributed by atoms with Gasteiger partial charge in [0.1, 0.15) is 48.8 Å². The van der Waals surface area contributed by atoms with E-state index in [1.807, 2.05) is 6.08 Å². The molecule has 0 aromatic carbocycles. The van der Waals surface area contributed by atoms with E-state index in [-0.39, 0.29) is 18.9 Å². The van der Waals surface area contributed by atoms with Crippen molar-refractivity contribution in [1.82, 2.24) is 5.32 Å². The van der Waals surface area contributed by atoms with Gasteiger partial charge in [0.25, 0.3) is 0 Å². The molecule has 0 aromatic rings. The number of amides is 1. The van der Waals surface area contributed by atoms with Crippen LogP contribution >= 0.6 is 0 Å². The lowest BCUT2D eigenvalue weighted by Crippen LogP contribution is -2.65. The molecule has 12 unspecified atom stereocenters. The van der Waals surface area contributed by atoms with Crippen molar-refractivity contribution >= 4 is 5.91 Å². The number of hydrogen-bond acceptors (Lipinski definition) is 13. The molecule has 68 heavy (non-hydrogen) atoms. The summed E-state index contributed by atoms with van der Waals surface area (Å²) in [6.07, 6.45) is 33.6. The van der Waals surface area contributed by atoms with Crippen LogP contribution in [-0.2, 0) is 23.7 Å². The molecule has 2 fully saturated rings. The van der Waals surface area contributed by atoms with E-state index in [1.54, 1.807) is 6.08 Å². The van der Waals surface area contributed by atoms with Gasteiger partial charge in [-0.1, -0.05) is 157 Å².